The molecule has 0 aliphatic rings. The van der Waals surface area contributed by atoms with Crippen molar-refractivity contribution in [3.8, 4) is 5.75 Å². The van der Waals surface area contributed by atoms with E-state index in [2.05, 4.69) is 18.3 Å². The van der Waals surface area contributed by atoms with Crippen molar-refractivity contribution in [1.82, 2.24) is 0 Å². The van der Waals surface area contributed by atoms with Gasteiger partial charge < -0.3 is 15.2 Å². The zero-order valence-electron chi connectivity index (χ0n) is 12.9. The molecule has 0 heterocycles. The van der Waals surface area contributed by atoms with E-state index in [4.69, 9.17) is 4.74 Å². The first-order valence-corrected chi connectivity index (χ1v) is 7.27. The zero-order chi connectivity index (χ0) is 15.3. The van der Waals surface area contributed by atoms with Crippen molar-refractivity contribution in [3.63, 3.8) is 0 Å². The second-order valence-electron chi connectivity index (χ2n) is 5.39. The number of benzene rings is 2. The van der Waals surface area contributed by atoms with Crippen LogP contribution < -0.4 is 10.1 Å². The van der Waals surface area contributed by atoms with Crippen molar-refractivity contribution in [1.29, 1.82) is 0 Å². The van der Waals surface area contributed by atoms with Gasteiger partial charge in [-0.15, -0.1) is 0 Å². The van der Waals surface area contributed by atoms with E-state index in [0.717, 1.165) is 22.6 Å². The van der Waals surface area contributed by atoms with E-state index in [1.54, 1.807) is 0 Å². The van der Waals surface area contributed by atoms with E-state index < -0.39 is 5.54 Å². The molecular formula is C18H23NO2. The van der Waals surface area contributed by atoms with Gasteiger partial charge in [-0.1, -0.05) is 30.3 Å². The summed E-state index contributed by atoms with van der Waals surface area (Å²) < 4.78 is 5.46. The van der Waals surface area contributed by atoms with Crippen LogP contribution in [0.1, 0.15) is 25.0 Å². The fourth-order valence-corrected chi connectivity index (χ4v) is 2.30. The number of aryl methyl sites for hydroxylation is 1. The minimum Gasteiger partial charge on any atom is -0.494 e. The molecule has 2 aromatic carbocycles. The highest BCUT2D eigenvalue weighted by atomic mass is 16.5. The van der Waals surface area contributed by atoms with E-state index in [1.807, 2.05) is 56.3 Å². The lowest BCUT2D eigenvalue weighted by molar-refractivity contribution is 0.224. The van der Waals surface area contributed by atoms with Gasteiger partial charge in [0.25, 0.3) is 0 Å². The summed E-state index contributed by atoms with van der Waals surface area (Å²) in [6, 6.07) is 15.9. The topological polar surface area (TPSA) is 41.5 Å². The third kappa shape index (κ3) is 3.56. The number of para-hydroxylation sites is 1. The van der Waals surface area contributed by atoms with Gasteiger partial charge in [-0.05, 0) is 50.1 Å². The molecule has 0 fully saturated rings. The molecule has 0 aliphatic heterocycles. The second-order valence-corrected chi connectivity index (χ2v) is 5.39. The standard InChI is InChI=1S/C18H23NO2/c1-4-21-16-11-9-15(10-12-16)18(3,13-20)19-17-8-6-5-7-14(17)2/h5-12,19-20H,4,13H2,1-3H3. The molecule has 0 saturated carbocycles. The Morgan fingerprint density at radius 1 is 1.10 bits per heavy atom. The van der Waals surface area contributed by atoms with Crippen LogP contribution in [-0.4, -0.2) is 18.3 Å². The molecule has 0 bridgehead atoms. The Bertz CT molecular complexity index is 580. The predicted molar refractivity (Wildman–Crippen MR) is 86.9 cm³/mol. The van der Waals surface area contributed by atoms with Crippen LogP contribution in [0.15, 0.2) is 48.5 Å². The van der Waals surface area contributed by atoms with Crippen molar-refractivity contribution in [2.45, 2.75) is 26.3 Å². The molecule has 3 nitrogen and oxygen atoms in total. The van der Waals surface area contributed by atoms with Gasteiger partial charge in [0, 0.05) is 5.69 Å². The van der Waals surface area contributed by atoms with Crippen LogP contribution in [0.5, 0.6) is 5.75 Å². The Labute approximate surface area is 126 Å². The molecule has 0 saturated heterocycles. The van der Waals surface area contributed by atoms with Crippen LogP contribution in [0, 0.1) is 6.92 Å². The van der Waals surface area contributed by atoms with E-state index in [9.17, 15) is 5.11 Å². The largest absolute Gasteiger partial charge is 0.494 e. The van der Waals surface area contributed by atoms with Crippen LogP contribution in [0.3, 0.4) is 0 Å². The van der Waals surface area contributed by atoms with E-state index in [0.29, 0.717) is 6.61 Å². The normalized spacial score (nSPS) is 13.5. The van der Waals surface area contributed by atoms with Crippen molar-refractivity contribution < 1.29 is 9.84 Å². The Morgan fingerprint density at radius 2 is 1.76 bits per heavy atom. The van der Waals surface area contributed by atoms with Gasteiger partial charge in [-0.25, -0.2) is 0 Å². The number of hydrogen-bond donors (Lipinski definition) is 2. The zero-order valence-corrected chi connectivity index (χ0v) is 12.9. The first kappa shape index (κ1) is 15.4. The number of aliphatic hydroxyl groups is 1. The third-order valence-electron chi connectivity index (χ3n) is 3.67. The lowest BCUT2D eigenvalue weighted by atomic mass is 9.92. The monoisotopic (exact) mass is 285 g/mol. The van der Waals surface area contributed by atoms with Gasteiger partial charge >= 0.3 is 0 Å². The number of aliphatic hydroxyl groups excluding tert-OH is 1. The summed E-state index contributed by atoms with van der Waals surface area (Å²) in [6.07, 6.45) is 0. The fourth-order valence-electron chi connectivity index (χ4n) is 2.30. The summed E-state index contributed by atoms with van der Waals surface area (Å²) in [5.41, 5.74) is 2.68. The number of ether oxygens (including phenoxy) is 1. The summed E-state index contributed by atoms with van der Waals surface area (Å²) in [4.78, 5) is 0. The molecule has 2 aromatic rings. The lowest BCUT2D eigenvalue weighted by Crippen LogP contribution is -2.36. The third-order valence-corrected chi connectivity index (χ3v) is 3.67. The van der Waals surface area contributed by atoms with Gasteiger partial charge in [0.15, 0.2) is 0 Å². The van der Waals surface area contributed by atoms with Crippen LogP contribution in [0.4, 0.5) is 5.69 Å². The second kappa shape index (κ2) is 6.64. The number of nitrogens with one attached hydrogen (secondary N) is 1. The number of anilines is 1. The highest BCUT2D eigenvalue weighted by Crippen LogP contribution is 2.28. The summed E-state index contributed by atoms with van der Waals surface area (Å²) in [7, 11) is 0. The maximum absolute atomic E-state index is 9.87. The van der Waals surface area contributed by atoms with Gasteiger partial charge in [0.2, 0.25) is 0 Å². The summed E-state index contributed by atoms with van der Waals surface area (Å²) >= 11 is 0. The Kier molecular flexibility index (Phi) is 4.86. The molecule has 0 amide bonds. The molecule has 0 aromatic heterocycles. The molecule has 0 radical (unpaired) electrons. The van der Waals surface area contributed by atoms with Crippen LogP contribution in [0.25, 0.3) is 0 Å². The summed E-state index contributed by atoms with van der Waals surface area (Å²) in [5.74, 6) is 0.845. The van der Waals surface area contributed by atoms with Gasteiger partial charge in [0.1, 0.15) is 5.75 Å². The average molecular weight is 285 g/mol. The maximum Gasteiger partial charge on any atom is 0.119 e. The smallest absolute Gasteiger partial charge is 0.119 e. The molecule has 2 rings (SSSR count). The van der Waals surface area contributed by atoms with E-state index in [-0.39, 0.29) is 6.61 Å². The average Bonchev–Trinajstić information content (AvgIpc) is 2.50. The van der Waals surface area contributed by atoms with Crippen LogP contribution in [0.2, 0.25) is 0 Å². The maximum atomic E-state index is 9.87. The van der Waals surface area contributed by atoms with Gasteiger partial charge in [0.05, 0.1) is 18.8 Å². The number of rotatable bonds is 6. The predicted octanol–water partition coefficient (Wildman–Crippen LogP) is 3.71. The van der Waals surface area contributed by atoms with Gasteiger partial charge in [-0.3, -0.25) is 0 Å². The minimum atomic E-state index is -0.531. The molecule has 112 valence electrons. The fraction of sp³-hybridized carbons (Fsp3) is 0.333. The molecule has 1 unspecified atom stereocenters. The first-order valence-electron chi connectivity index (χ1n) is 7.27. The number of hydrogen-bond acceptors (Lipinski definition) is 3. The Hall–Kier alpha value is -2.00. The molecule has 0 aliphatic carbocycles. The quantitative estimate of drug-likeness (QED) is 0.850. The Morgan fingerprint density at radius 3 is 2.33 bits per heavy atom. The van der Waals surface area contributed by atoms with Crippen LogP contribution >= 0.6 is 0 Å². The van der Waals surface area contributed by atoms with Crippen molar-refractivity contribution in [2.75, 3.05) is 18.5 Å². The summed E-state index contributed by atoms with van der Waals surface area (Å²) in [5, 5.41) is 13.3. The van der Waals surface area contributed by atoms with Crippen molar-refractivity contribution in [3.05, 3.63) is 59.7 Å². The molecular weight excluding hydrogens is 262 g/mol. The van der Waals surface area contributed by atoms with Gasteiger partial charge in [-0.2, -0.15) is 0 Å². The highest BCUT2D eigenvalue weighted by molar-refractivity contribution is 5.53. The summed E-state index contributed by atoms with van der Waals surface area (Å²) in [6.45, 7) is 6.67. The molecule has 3 heteroatoms. The minimum absolute atomic E-state index is 0.00924. The van der Waals surface area contributed by atoms with Crippen molar-refractivity contribution in [2.24, 2.45) is 0 Å². The lowest BCUT2D eigenvalue weighted by Gasteiger charge is -2.31. The Balaban J connectivity index is 2.26. The van der Waals surface area contributed by atoms with E-state index in [1.165, 1.54) is 0 Å². The molecule has 0 spiro atoms. The first-order chi connectivity index (χ1) is 10.1. The highest BCUT2D eigenvalue weighted by Gasteiger charge is 2.26. The molecule has 2 N–H and O–H groups in total. The van der Waals surface area contributed by atoms with E-state index >= 15 is 0 Å². The van der Waals surface area contributed by atoms with Crippen molar-refractivity contribution >= 4 is 5.69 Å². The SMILES string of the molecule is CCOc1ccc(C(C)(CO)Nc2ccccc2C)cc1. The molecule has 1 atom stereocenters. The van der Waals surface area contributed by atoms with Crippen LogP contribution in [-0.2, 0) is 5.54 Å². The molecule has 21 heavy (non-hydrogen) atoms.